The standard InChI is InChI=1S/C20H16FNO3/c1-2-12-22-17(13-8-10-15(21)11-9-13)16(19(24)20(22)25)18(23)14-6-4-3-5-7-14/h2-11,17,23H,1,12H2/b18-16-. The summed E-state index contributed by atoms with van der Waals surface area (Å²) < 4.78 is 13.3. The van der Waals surface area contributed by atoms with E-state index >= 15 is 0 Å². The van der Waals surface area contributed by atoms with Gasteiger partial charge in [0.25, 0.3) is 11.7 Å². The van der Waals surface area contributed by atoms with Crippen LogP contribution < -0.4 is 0 Å². The molecule has 0 aliphatic carbocycles. The van der Waals surface area contributed by atoms with E-state index in [2.05, 4.69) is 6.58 Å². The van der Waals surface area contributed by atoms with Crippen LogP contribution in [0.3, 0.4) is 0 Å². The Labute approximate surface area is 144 Å². The number of carbonyl (C=O) groups is 2. The third-order valence-electron chi connectivity index (χ3n) is 4.10. The average Bonchev–Trinajstić information content (AvgIpc) is 2.88. The monoisotopic (exact) mass is 337 g/mol. The highest BCUT2D eigenvalue weighted by Gasteiger charge is 2.45. The van der Waals surface area contributed by atoms with Crippen molar-refractivity contribution in [2.45, 2.75) is 6.04 Å². The molecule has 0 bridgehead atoms. The fraction of sp³-hybridized carbons (Fsp3) is 0.100. The number of halogens is 1. The molecule has 1 amide bonds. The summed E-state index contributed by atoms with van der Waals surface area (Å²) in [5, 5.41) is 10.7. The Morgan fingerprint density at radius 1 is 1.12 bits per heavy atom. The normalized spacial score (nSPS) is 19.2. The number of Topliss-reactive ketones (excluding diaryl/α,β-unsaturated/α-hetero) is 1. The Hall–Kier alpha value is -3.21. The quantitative estimate of drug-likeness (QED) is 0.402. The summed E-state index contributed by atoms with van der Waals surface area (Å²) in [6.07, 6.45) is 1.50. The summed E-state index contributed by atoms with van der Waals surface area (Å²) >= 11 is 0. The number of hydrogen-bond donors (Lipinski definition) is 1. The van der Waals surface area contributed by atoms with Crippen molar-refractivity contribution < 1.29 is 19.1 Å². The lowest BCUT2D eigenvalue weighted by atomic mass is 9.95. The molecule has 5 heteroatoms. The highest BCUT2D eigenvalue weighted by Crippen LogP contribution is 2.39. The third-order valence-corrected chi connectivity index (χ3v) is 4.10. The van der Waals surface area contributed by atoms with Gasteiger partial charge in [-0.1, -0.05) is 48.5 Å². The van der Waals surface area contributed by atoms with Crippen LogP contribution in [0.25, 0.3) is 5.76 Å². The Morgan fingerprint density at radius 3 is 2.36 bits per heavy atom. The fourth-order valence-electron chi connectivity index (χ4n) is 2.95. The van der Waals surface area contributed by atoms with Crippen LogP contribution in [0.1, 0.15) is 17.2 Å². The van der Waals surface area contributed by atoms with Crippen molar-refractivity contribution in [2.24, 2.45) is 0 Å². The molecule has 4 nitrogen and oxygen atoms in total. The second-order valence-corrected chi connectivity index (χ2v) is 5.66. The van der Waals surface area contributed by atoms with Gasteiger partial charge >= 0.3 is 0 Å². The molecule has 2 aromatic rings. The zero-order chi connectivity index (χ0) is 18.0. The van der Waals surface area contributed by atoms with Gasteiger partial charge in [0.05, 0.1) is 11.6 Å². The number of nitrogens with zero attached hydrogens (tertiary/aromatic N) is 1. The van der Waals surface area contributed by atoms with Gasteiger partial charge in [0, 0.05) is 12.1 Å². The lowest BCUT2D eigenvalue weighted by Crippen LogP contribution is -2.29. The van der Waals surface area contributed by atoms with Crippen LogP contribution in [0.5, 0.6) is 0 Å². The number of rotatable bonds is 4. The molecule has 3 rings (SSSR count). The maximum absolute atomic E-state index is 13.3. The molecule has 1 unspecified atom stereocenters. The highest BCUT2D eigenvalue weighted by molar-refractivity contribution is 6.46. The molecule has 1 aliphatic heterocycles. The molecule has 0 saturated carbocycles. The van der Waals surface area contributed by atoms with Crippen LogP contribution in [0.4, 0.5) is 4.39 Å². The Bertz CT molecular complexity index is 856. The SMILES string of the molecule is C=CCN1C(=O)C(=O)/C(=C(\O)c2ccccc2)C1c1ccc(F)cc1. The molecule has 0 aromatic heterocycles. The first-order chi connectivity index (χ1) is 12.0. The maximum atomic E-state index is 13.3. The van der Waals surface area contributed by atoms with Gasteiger partial charge in [0.1, 0.15) is 11.6 Å². The van der Waals surface area contributed by atoms with E-state index in [0.717, 1.165) is 0 Å². The molecule has 1 atom stereocenters. The van der Waals surface area contributed by atoms with Crippen LogP contribution >= 0.6 is 0 Å². The average molecular weight is 337 g/mol. The molecule has 2 aromatic carbocycles. The highest BCUT2D eigenvalue weighted by atomic mass is 19.1. The number of likely N-dealkylation sites (tertiary alicyclic amines) is 1. The molecule has 1 N–H and O–H groups in total. The minimum absolute atomic E-state index is 0.00958. The first kappa shape index (κ1) is 16.6. The van der Waals surface area contributed by atoms with E-state index in [1.54, 1.807) is 30.3 Å². The third kappa shape index (κ3) is 2.96. The van der Waals surface area contributed by atoms with Crippen molar-refractivity contribution in [3.63, 3.8) is 0 Å². The van der Waals surface area contributed by atoms with E-state index in [0.29, 0.717) is 11.1 Å². The van der Waals surface area contributed by atoms with Crippen molar-refractivity contribution in [3.05, 3.63) is 89.8 Å². The summed E-state index contributed by atoms with van der Waals surface area (Å²) in [6.45, 7) is 3.75. The zero-order valence-corrected chi connectivity index (χ0v) is 13.4. The van der Waals surface area contributed by atoms with E-state index < -0.39 is 23.5 Å². The summed E-state index contributed by atoms with van der Waals surface area (Å²) in [4.78, 5) is 26.3. The molecular weight excluding hydrogens is 321 g/mol. The van der Waals surface area contributed by atoms with Crippen LogP contribution in [-0.2, 0) is 9.59 Å². The van der Waals surface area contributed by atoms with E-state index in [4.69, 9.17) is 0 Å². The van der Waals surface area contributed by atoms with Crippen LogP contribution in [-0.4, -0.2) is 28.2 Å². The van der Waals surface area contributed by atoms with Crippen LogP contribution in [0.15, 0.2) is 72.8 Å². The molecule has 1 heterocycles. The van der Waals surface area contributed by atoms with Crippen molar-refractivity contribution in [3.8, 4) is 0 Å². The van der Waals surface area contributed by atoms with Gasteiger partial charge in [-0.05, 0) is 17.7 Å². The van der Waals surface area contributed by atoms with E-state index in [1.807, 2.05) is 0 Å². The fourth-order valence-corrected chi connectivity index (χ4v) is 2.95. The maximum Gasteiger partial charge on any atom is 0.295 e. The number of ketones is 1. The zero-order valence-electron chi connectivity index (χ0n) is 13.4. The largest absolute Gasteiger partial charge is 0.507 e. The van der Waals surface area contributed by atoms with Gasteiger partial charge in [0.2, 0.25) is 0 Å². The lowest BCUT2D eigenvalue weighted by molar-refractivity contribution is -0.139. The molecule has 1 fully saturated rings. The van der Waals surface area contributed by atoms with Crippen LogP contribution in [0, 0.1) is 5.82 Å². The summed E-state index contributed by atoms with van der Waals surface area (Å²) in [5.74, 6) is -2.16. The Morgan fingerprint density at radius 2 is 1.76 bits per heavy atom. The van der Waals surface area contributed by atoms with Gasteiger partial charge in [-0.15, -0.1) is 6.58 Å². The van der Waals surface area contributed by atoms with Crippen molar-refractivity contribution in [2.75, 3.05) is 6.54 Å². The molecule has 0 spiro atoms. The number of aliphatic hydroxyl groups excluding tert-OH is 1. The summed E-state index contributed by atoms with van der Waals surface area (Å²) in [7, 11) is 0. The van der Waals surface area contributed by atoms with Gasteiger partial charge < -0.3 is 10.0 Å². The number of amides is 1. The summed E-state index contributed by atoms with van der Waals surface area (Å²) in [6, 6.07) is 13.3. The minimum Gasteiger partial charge on any atom is -0.507 e. The predicted octanol–water partition coefficient (Wildman–Crippen LogP) is 3.43. The molecule has 1 saturated heterocycles. The van der Waals surface area contributed by atoms with E-state index in [-0.39, 0.29) is 17.9 Å². The Balaban J connectivity index is 2.19. The first-order valence-corrected chi connectivity index (χ1v) is 7.74. The predicted molar refractivity (Wildman–Crippen MR) is 92.0 cm³/mol. The lowest BCUT2D eigenvalue weighted by Gasteiger charge is -2.24. The van der Waals surface area contributed by atoms with Crippen molar-refractivity contribution in [1.29, 1.82) is 0 Å². The topological polar surface area (TPSA) is 57.6 Å². The van der Waals surface area contributed by atoms with Gasteiger partial charge in [0.15, 0.2) is 0 Å². The molecule has 126 valence electrons. The van der Waals surface area contributed by atoms with Crippen molar-refractivity contribution in [1.82, 2.24) is 4.90 Å². The first-order valence-electron chi connectivity index (χ1n) is 7.74. The number of benzene rings is 2. The van der Waals surface area contributed by atoms with Gasteiger partial charge in [-0.3, -0.25) is 9.59 Å². The Kier molecular flexibility index (Phi) is 4.48. The molecule has 25 heavy (non-hydrogen) atoms. The van der Waals surface area contributed by atoms with Crippen molar-refractivity contribution >= 4 is 17.4 Å². The summed E-state index contributed by atoms with van der Waals surface area (Å²) in [5.41, 5.74) is 0.968. The van der Waals surface area contributed by atoms with E-state index in [1.165, 1.54) is 35.2 Å². The van der Waals surface area contributed by atoms with Gasteiger partial charge in [-0.2, -0.15) is 0 Å². The second-order valence-electron chi connectivity index (χ2n) is 5.66. The number of aliphatic hydroxyl groups is 1. The van der Waals surface area contributed by atoms with E-state index in [9.17, 15) is 19.1 Å². The number of hydrogen-bond acceptors (Lipinski definition) is 3. The molecular formula is C20H16FNO3. The minimum atomic E-state index is -0.793. The number of carbonyl (C=O) groups excluding carboxylic acids is 2. The second kappa shape index (κ2) is 6.73. The van der Waals surface area contributed by atoms with Crippen LogP contribution in [0.2, 0.25) is 0 Å². The molecule has 1 aliphatic rings. The smallest absolute Gasteiger partial charge is 0.295 e. The van der Waals surface area contributed by atoms with Gasteiger partial charge in [-0.25, -0.2) is 4.39 Å². The molecule has 0 radical (unpaired) electrons.